The van der Waals surface area contributed by atoms with E-state index in [1.54, 1.807) is 12.1 Å². The second kappa shape index (κ2) is 4.02. The van der Waals surface area contributed by atoms with E-state index in [9.17, 15) is 4.39 Å². The first-order valence-electron chi connectivity index (χ1n) is 3.78. The Balaban J connectivity index is 3.04. The summed E-state index contributed by atoms with van der Waals surface area (Å²) in [5.41, 5.74) is 1.42. The number of rotatable bonds is 2. The molecule has 2 heteroatoms. The molecule has 0 saturated carbocycles. The summed E-state index contributed by atoms with van der Waals surface area (Å²) in [5, 5.41) is 8.50. The zero-order valence-corrected chi connectivity index (χ0v) is 6.92. The molecule has 0 aliphatic rings. The molecule has 0 aliphatic heterocycles. The van der Waals surface area contributed by atoms with Gasteiger partial charge < -0.3 is 5.11 Å². The summed E-state index contributed by atoms with van der Waals surface area (Å²) in [6.45, 7) is 1.77. The molecular weight excluding hydrogens is 155 g/mol. The maximum Gasteiger partial charge on any atom is 0.130 e. The van der Waals surface area contributed by atoms with E-state index in [0.717, 1.165) is 5.56 Å². The van der Waals surface area contributed by atoms with E-state index in [2.05, 4.69) is 0 Å². The van der Waals surface area contributed by atoms with Gasteiger partial charge in [0.15, 0.2) is 0 Å². The average Bonchev–Trinajstić information content (AvgIpc) is 2.04. The molecule has 0 saturated heterocycles. The Bertz CT molecular complexity index is 272. The van der Waals surface area contributed by atoms with Crippen molar-refractivity contribution in [1.29, 1.82) is 0 Å². The molecule has 0 bridgehead atoms. The average molecular weight is 166 g/mol. The van der Waals surface area contributed by atoms with Gasteiger partial charge in [-0.05, 0) is 18.6 Å². The van der Waals surface area contributed by atoms with Crippen LogP contribution in [0, 0.1) is 12.7 Å². The molecule has 0 radical (unpaired) electrons. The summed E-state index contributed by atoms with van der Waals surface area (Å²) in [4.78, 5) is 0. The lowest BCUT2D eigenvalue weighted by atomic mass is 10.1. The minimum atomic E-state index is -0.250. The maximum atomic E-state index is 13.0. The van der Waals surface area contributed by atoms with Gasteiger partial charge in [-0.3, -0.25) is 0 Å². The zero-order valence-electron chi connectivity index (χ0n) is 6.92. The van der Waals surface area contributed by atoms with Gasteiger partial charge >= 0.3 is 0 Å². The number of aryl methyl sites for hydroxylation is 1. The van der Waals surface area contributed by atoms with Gasteiger partial charge in [0.1, 0.15) is 5.82 Å². The SMILES string of the molecule is Cc1cccc(F)c1C=CCO. The van der Waals surface area contributed by atoms with Gasteiger partial charge in [0.2, 0.25) is 0 Å². The topological polar surface area (TPSA) is 20.2 Å². The van der Waals surface area contributed by atoms with Crippen molar-refractivity contribution in [3.63, 3.8) is 0 Å². The molecule has 12 heavy (non-hydrogen) atoms. The van der Waals surface area contributed by atoms with Crippen molar-refractivity contribution in [2.75, 3.05) is 6.61 Å². The first kappa shape index (κ1) is 8.94. The lowest BCUT2D eigenvalue weighted by molar-refractivity contribution is 0.343. The van der Waals surface area contributed by atoms with Gasteiger partial charge in [-0.15, -0.1) is 0 Å². The number of halogens is 1. The number of hydrogen-bond acceptors (Lipinski definition) is 1. The summed E-state index contributed by atoms with van der Waals surface area (Å²) < 4.78 is 13.0. The molecule has 1 aromatic rings. The Kier molecular flexibility index (Phi) is 3.00. The molecule has 0 aliphatic carbocycles. The molecule has 0 fully saturated rings. The minimum absolute atomic E-state index is 0.0617. The fourth-order valence-electron chi connectivity index (χ4n) is 1.03. The summed E-state index contributed by atoms with van der Waals surface area (Å²) in [6, 6.07) is 4.91. The highest BCUT2D eigenvalue weighted by Crippen LogP contribution is 2.13. The van der Waals surface area contributed by atoms with Crippen molar-refractivity contribution >= 4 is 6.08 Å². The van der Waals surface area contributed by atoms with Crippen molar-refractivity contribution in [3.05, 3.63) is 41.2 Å². The Morgan fingerprint density at radius 2 is 2.25 bits per heavy atom. The molecule has 1 N–H and O–H groups in total. The third-order valence-corrected chi connectivity index (χ3v) is 1.66. The van der Waals surface area contributed by atoms with Gasteiger partial charge in [0, 0.05) is 5.56 Å². The van der Waals surface area contributed by atoms with Crippen LogP contribution >= 0.6 is 0 Å². The lowest BCUT2D eigenvalue weighted by Gasteiger charge is -2.00. The highest BCUT2D eigenvalue weighted by Gasteiger charge is 1.99. The van der Waals surface area contributed by atoms with E-state index in [0.29, 0.717) is 5.56 Å². The van der Waals surface area contributed by atoms with Crippen LogP contribution in [-0.2, 0) is 0 Å². The van der Waals surface area contributed by atoms with Crippen LogP contribution in [0.4, 0.5) is 4.39 Å². The molecule has 0 aromatic heterocycles. The smallest absolute Gasteiger partial charge is 0.130 e. The van der Waals surface area contributed by atoms with Crippen LogP contribution in [-0.4, -0.2) is 11.7 Å². The van der Waals surface area contributed by atoms with Gasteiger partial charge in [-0.1, -0.05) is 24.3 Å². The largest absolute Gasteiger partial charge is 0.392 e. The molecular formula is C10H11FO. The highest BCUT2D eigenvalue weighted by atomic mass is 19.1. The summed E-state index contributed by atoms with van der Waals surface area (Å²) >= 11 is 0. The fourth-order valence-corrected chi connectivity index (χ4v) is 1.03. The second-order valence-electron chi connectivity index (χ2n) is 2.56. The number of hydrogen-bond donors (Lipinski definition) is 1. The van der Waals surface area contributed by atoms with Crippen molar-refractivity contribution in [3.8, 4) is 0 Å². The molecule has 1 rings (SSSR count). The van der Waals surface area contributed by atoms with Gasteiger partial charge in [0.05, 0.1) is 6.61 Å². The molecule has 0 amide bonds. The Labute approximate surface area is 71.2 Å². The molecule has 0 atom stereocenters. The fraction of sp³-hybridized carbons (Fsp3) is 0.200. The number of aliphatic hydroxyl groups is 1. The molecule has 1 nitrogen and oxygen atoms in total. The molecule has 0 spiro atoms. The van der Waals surface area contributed by atoms with E-state index in [4.69, 9.17) is 5.11 Å². The van der Waals surface area contributed by atoms with Crippen LogP contribution in [0.25, 0.3) is 6.08 Å². The zero-order chi connectivity index (χ0) is 8.97. The Hall–Kier alpha value is -1.15. The minimum Gasteiger partial charge on any atom is -0.392 e. The van der Waals surface area contributed by atoms with Crippen LogP contribution in [0.2, 0.25) is 0 Å². The van der Waals surface area contributed by atoms with E-state index in [1.165, 1.54) is 12.1 Å². The maximum absolute atomic E-state index is 13.0. The van der Waals surface area contributed by atoms with Crippen molar-refractivity contribution in [1.82, 2.24) is 0 Å². The number of benzene rings is 1. The molecule has 1 aromatic carbocycles. The van der Waals surface area contributed by atoms with Crippen molar-refractivity contribution < 1.29 is 9.50 Å². The monoisotopic (exact) mass is 166 g/mol. The van der Waals surface area contributed by atoms with Crippen molar-refractivity contribution in [2.45, 2.75) is 6.92 Å². The summed E-state index contributed by atoms with van der Waals surface area (Å²) in [5.74, 6) is -0.250. The van der Waals surface area contributed by atoms with Gasteiger partial charge in [-0.2, -0.15) is 0 Å². The normalized spacial score (nSPS) is 10.9. The van der Waals surface area contributed by atoms with Gasteiger partial charge in [0.25, 0.3) is 0 Å². The first-order valence-corrected chi connectivity index (χ1v) is 3.78. The third-order valence-electron chi connectivity index (χ3n) is 1.66. The van der Waals surface area contributed by atoms with Crippen LogP contribution in [0.5, 0.6) is 0 Å². The summed E-state index contributed by atoms with van der Waals surface area (Å²) in [6.07, 6.45) is 3.11. The Morgan fingerprint density at radius 1 is 1.50 bits per heavy atom. The number of aliphatic hydroxyl groups excluding tert-OH is 1. The van der Waals surface area contributed by atoms with Crippen LogP contribution < -0.4 is 0 Å². The Morgan fingerprint density at radius 3 is 2.83 bits per heavy atom. The van der Waals surface area contributed by atoms with Gasteiger partial charge in [-0.25, -0.2) is 4.39 Å². The molecule has 0 heterocycles. The van der Waals surface area contributed by atoms with E-state index in [-0.39, 0.29) is 12.4 Å². The summed E-state index contributed by atoms with van der Waals surface area (Å²) in [7, 11) is 0. The highest BCUT2D eigenvalue weighted by molar-refractivity contribution is 5.54. The quantitative estimate of drug-likeness (QED) is 0.713. The second-order valence-corrected chi connectivity index (χ2v) is 2.56. The van der Waals surface area contributed by atoms with Crippen LogP contribution in [0.15, 0.2) is 24.3 Å². The predicted molar refractivity (Wildman–Crippen MR) is 47.3 cm³/mol. The van der Waals surface area contributed by atoms with Crippen LogP contribution in [0.1, 0.15) is 11.1 Å². The van der Waals surface area contributed by atoms with E-state index < -0.39 is 0 Å². The molecule has 0 unspecified atom stereocenters. The van der Waals surface area contributed by atoms with E-state index in [1.807, 2.05) is 13.0 Å². The third kappa shape index (κ3) is 1.92. The van der Waals surface area contributed by atoms with Crippen LogP contribution in [0.3, 0.4) is 0 Å². The lowest BCUT2D eigenvalue weighted by Crippen LogP contribution is -1.86. The van der Waals surface area contributed by atoms with Crippen molar-refractivity contribution in [2.24, 2.45) is 0 Å². The first-order chi connectivity index (χ1) is 5.75. The molecule has 64 valence electrons. The predicted octanol–water partition coefficient (Wildman–Crippen LogP) is 2.14. The standard InChI is InChI=1S/C10H11FO/c1-8-4-2-6-10(11)9(8)5-3-7-12/h2-6,12H,7H2,1H3. The van der Waals surface area contributed by atoms with E-state index >= 15 is 0 Å².